The third kappa shape index (κ3) is 23.7. The molecular weight excluding hydrogens is 1510 g/mol. The van der Waals surface area contributed by atoms with Gasteiger partial charge in [0, 0.05) is 197 Å². The quantitative estimate of drug-likeness (QED) is 0.0214. The fourth-order valence-electron chi connectivity index (χ4n) is 12.9. The Hall–Kier alpha value is -12.3. The first-order valence-corrected chi connectivity index (χ1v) is 37.6. The van der Waals surface area contributed by atoms with Gasteiger partial charge >= 0.3 is 42.7 Å². The van der Waals surface area contributed by atoms with Crippen molar-refractivity contribution in [2.75, 3.05) is 183 Å². The number of amides is 7. The summed E-state index contributed by atoms with van der Waals surface area (Å²) in [6.07, 6.45) is -29.7. The molecule has 0 unspecified atom stereocenters. The SMILES string of the molecule is CN(C)c1ccc(NC(=O)OC[C@H]2O[C@H](O[C@@H]3[C@@H](OC(=O)Nc4ccc(N(C)C)cc4)[C@H](O[C@H]4O[C@H](CN)[C@@H](OC(=O)Nc5ccc(N(C)C)cc5)[C@H](OC(=O)Nc5ccc(N(C)C)cc5)[C@H]4OC(=O)Nc4ccc(N(C)C)cc4)[C@@H](N)C[C@H]3N)[C@H](OC(=O)Nc3ccc(N(C)C)cc3)[C@@H](N)[C@@H]2OC(=O)Nc2ccc(N(C)C)cc2)cc1. The Morgan fingerprint density at radius 2 is 0.521 bits per heavy atom. The molecule has 7 aromatic rings. The van der Waals surface area contributed by atoms with Crippen molar-refractivity contribution in [1.82, 2.24) is 0 Å². The second-order valence-corrected chi connectivity index (χ2v) is 29.4. The summed E-state index contributed by atoms with van der Waals surface area (Å²) in [4.78, 5) is 115. The average molecular weight is 1620 g/mol. The highest BCUT2D eigenvalue weighted by Gasteiger charge is 2.58. The zero-order valence-electron chi connectivity index (χ0n) is 67.7. The monoisotopic (exact) mass is 1620 g/mol. The molecule has 0 bridgehead atoms. The van der Waals surface area contributed by atoms with Gasteiger partial charge in [0.2, 0.25) is 0 Å². The Morgan fingerprint density at radius 1 is 0.299 bits per heavy atom. The first-order chi connectivity index (χ1) is 55.7. The number of anilines is 14. The standard InChI is InChI=1S/C81H106N18O18/c1-93(2)53-29-15-46(16-30-53)86-75(100)107-45-63-67(112-76(101)87-47-17-31-54(32-18-47)94(3)4)64(85)69(114-78(103)89-49-21-35-56(36-22-49)96(7)8)73(109-63)110-65-60(83)43-61(84)66(70(65)115-79(104)90-50-23-37-57(38-24-50)97(9)10)111-74-72(117-81(106)92-52-27-41-59(42-28-52)99(13)14)71(116-80(105)91-51-25-39-58(40-26-51)98(11)12)68(62(44-82)108-74)113-77(102)88-48-19-33-55(34-20-48)95(5)6/h15-42,60-74H,43-45,82-85H2,1-14H3,(H,86,100)(H,87,101)(H,88,102)(H,89,103)(H,90,104)(H,91,105)(H,92,106)/t60-,61+,62-,63-,64+,65+,66-,67-,68-,69-,70-,71+,72-,73-,74-/m1/s1. The molecule has 1 saturated carbocycles. The van der Waals surface area contributed by atoms with Crippen LogP contribution in [-0.2, 0) is 52.1 Å². The molecule has 36 nitrogen and oxygen atoms in total. The van der Waals surface area contributed by atoms with E-state index in [4.69, 9.17) is 75.0 Å². The predicted molar refractivity (Wildman–Crippen MR) is 448 cm³/mol. The highest BCUT2D eigenvalue weighted by Crippen LogP contribution is 2.38. The molecule has 3 aliphatic rings. The van der Waals surface area contributed by atoms with Crippen molar-refractivity contribution in [2.24, 2.45) is 22.9 Å². The van der Waals surface area contributed by atoms with E-state index in [2.05, 4.69) is 37.2 Å². The smallest absolute Gasteiger partial charge is 0.412 e. The highest BCUT2D eigenvalue weighted by atomic mass is 16.8. The van der Waals surface area contributed by atoms with Crippen molar-refractivity contribution in [3.8, 4) is 0 Å². The van der Waals surface area contributed by atoms with Crippen LogP contribution in [0.2, 0.25) is 0 Å². The normalized spacial score (nSPS) is 22.6. The van der Waals surface area contributed by atoms with Crippen LogP contribution in [0, 0.1) is 0 Å². The van der Waals surface area contributed by atoms with Crippen LogP contribution in [0.5, 0.6) is 0 Å². The minimum absolute atomic E-state index is 0.237. The zero-order chi connectivity index (χ0) is 84.5. The zero-order valence-corrected chi connectivity index (χ0v) is 67.7. The van der Waals surface area contributed by atoms with E-state index >= 15 is 0 Å². The second-order valence-electron chi connectivity index (χ2n) is 29.4. The van der Waals surface area contributed by atoms with Gasteiger partial charge in [0.1, 0.15) is 31.0 Å². The summed E-state index contributed by atoms with van der Waals surface area (Å²) >= 11 is 0. The molecule has 3 fully saturated rings. The van der Waals surface area contributed by atoms with E-state index in [9.17, 15) is 33.6 Å². The van der Waals surface area contributed by atoms with Crippen LogP contribution in [0.4, 0.5) is 113 Å². The lowest BCUT2D eigenvalue weighted by atomic mass is 9.84. The number of benzene rings is 7. The number of nitrogens with zero attached hydrogens (tertiary/aromatic N) is 7. The Bertz CT molecular complexity index is 4440. The molecule has 15 N–H and O–H groups in total. The van der Waals surface area contributed by atoms with Crippen molar-refractivity contribution in [3.63, 3.8) is 0 Å². The summed E-state index contributed by atoms with van der Waals surface area (Å²) in [5.74, 6) is 0. The van der Waals surface area contributed by atoms with Crippen LogP contribution in [0.1, 0.15) is 6.42 Å². The Balaban J connectivity index is 1.06. The van der Waals surface area contributed by atoms with Crippen molar-refractivity contribution in [1.29, 1.82) is 0 Å². The Kier molecular flexibility index (Phi) is 29.7. The third-order valence-corrected chi connectivity index (χ3v) is 19.4. The lowest BCUT2D eigenvalue weighted by Gasteiger charge is -2.50. The average Bonchev–Trinajstić information content (AvgIpc) is 0.754. The lowest BCUT2D eigenvalue weighted by Crippen LogP contribution is -2.70. The van der Waals surface area contributed by atoms with Crippen LogP contribution < -0.4 is 94.5 Å². The minimum atomic E-state index is -2.02. The Morgan fingerprint density at radius 3 is 0.795 bits per heavy atom. The first kappa shape index (κ1) is 87.1. The predicted octanol–water partition coefficient (Wildman–Crippen LogP) is 8.97. The maximum Gasteiger partial charge on any atom is 0.412 e. The van der Waals surface area contributed by atoms with Crippen molar-refractivity contribution in [2.45, 2.75) is 98.2 Å². The fraction of sp³-hybridized carbons (Fsp3) is 0.395. The van der Waals surface area contributed by atoms with E-state index in [1.807, 2.05) is 133 Å². The molecule has 1 aliphatic carbocycles. The number of carbonyl (C=O) groups is 7. The second kappa shape index (κ2) is 39.8. The van der Waals surface area contributed by atoms with E-state index in [0.29, 0.717) is 17.1 Å². The summed E-state index contributed by atoms with van der Waals surface area (Å²) in [6, 6.07) is 42.9. The van der Waals surface area contributed by atoms with Crippen LogP contribution in [-0.4, -0.2) is 246 Å². The molecule has 2 saturated heterocycles. The molecule has 0 radical (unpaired) electrons. The number of ether oxygens (including phenoxy) is 11. The summed E-state index contributed by atoms with van der Waals surface area (Å²) in [5.41, 5.74) is 35.9. The van der Waals surface area contributed by atoms with Gasteiger partial charge in [-0.25, -0.2) is 33.6 Å². The number of rotatable bonds is 27. The van der Waals surface area contributed by atoms with Gasteiger partial charge in [-0.05, 0) is 176 Å². The van der Waals surface area contributed by atoms with E-state index in [1.165, 1.54) is 0 Å². The van der Waals surface area contributed by atoms with Gasteiger partial charge in [-0.3, -0.25) is 37.2 Å². The highest BCUT2D eigenvalue weighted by molar-refractivity contribution is 5.90. The van der Waals surface area contributed by atoms with Crippen LogP contribution in [0.15, 0.2) is 170 Å². The number of hydrogen-bond donors (Lipinski definition) is 11. The van der Waals surface area contributed by atoms with Crippen molar-refractivity contribution in [3.05, 3.63) is 170 Å². The van der Waals surface area contributed by atoms with Gasteiger partial charge in [0.25, 0.3) is 0 Å². The summed E-state index contributed by atoms with van der Waals surface area (Å²) in [5, 5.41) is 18.9. The molecule has 2 aliphatic heterocycles. The van der Waals surface area contributed by atoms with Crippen LogP contribution >= 0.6 is 0 Å². The lowest BCUT2D eigenvalue weighted by molar-refractivity contribution is -0.328. The Labute approximate surface area is 679 Å². The van der Waals surface area contributed by atoms with Gasteiger partial charge in [-0.2, -0.15) is 0 Å². The summed E-state index contributed by atoms with van der Waals surface area (Å²) in [7, 11) is 25.8. The van der Waals surface area contributed by atoms with Gasteiger partial charge < -0.3 is 109 Å². The minimum Gasteiger partial charge on any atom is -0.446 e. The van der Waals surface area contributed by atoms with Gasteiger partial charge in [-0.1, -0.05) is 0 Å². The molecule has 15 atom stereocenters. The molecule has 7 aromatic carbocycles. The molecular formula is C81H106N18O18. The maximum atomic E-state index is 15.0. The molecule has 628 valence electrons. The topological polar surface area (TPSA) is 432 Å². The molecule has 0 aromatic heterocycles. The maximum absolute atomic E-state index is 15.0. The van der Waals surface area contributed by atoms with E-state index in [0.717, 1.165) is 39.8 Å². The van der Waals surface area contributed by atoms with Crippen molar-refractivity contribution >= 4 is 122 Å². The molecule has 7 amide bonds. The number of nitrogens with one attached hydrogen (secondary N) is 7. The molecule has 117 heavy (non-hydrogen) atoms. The molecule has 10 rings (SSSR count). The molecule has 0 spiro atoms. The fourth-order valence-corrected chi connectivity index (χ4v) is 12.9. The molecule has 2 heterocycles. The number of nitrogens with two attached hydrogens (primary N) is 4. The summed E-state index contributed by atoms with van der Waals surface area (Å²) < 4.78 is 71.2. The van der Waals surface area contributed by atoms with Crippen LogP contribution in [0.25, 0.3) is 0 Å². The first-order valence-electron chi connectivity index (χ1n) is 37.6. The van der Waals surface area contributed by atoms with E-state index < -0.39 is 148 Å². The van der Waals surface area contributed by atoms with Gasteiger partial charge in [-0.15, -0.1) is 0 Å². The van der Waals surface area contributed by atoms with Crippen LogP contribution in [0.3, 0.4) is 0 Å². The van der Waals surface area contributed by atoms with Gasteiger partial charge in [0.05, 0.1) is 6.04 Å². The third-order valence-electron chi connectivity index (χ3n) is 19.4. The largest absolute Gasteiger partial charge is 0.446 e. The number of carbonyl (C=O) groups excluding carboxylic acids is 7. The van der Waals surface area contributed by atoms with E-state index in [-0.39, 0.29) is 29.2 Å². The van der Waals surface area contributed by atoms with E-state index in [1.54, 1.807) is 170 Å². The number of hydrogen-bond acceptors (Lipinski definition) is 29. The van der Waals surface area contributed by atoms with Gasteiger partial charge in [0.15, 0.2) is 49.2 Å². The molecule has 36 heteroatoms. The summed E-state index contributed by atoms with van der Waals surface area (Å²) in [6.45, 7) is -1.24. The van der Waals surface area contributed by atoms with Crippen molar-refractivity contribution < 1.29 is 85.7 Å².